The molecule has 0 radical (unpaired) electrons. The topological polar surface area (TPSA) is 39.7 Å². The predicted molar refractivity (Wildman–Crippen MR) is 60.3 cm³/mol. The average molecular weight is 221 g/mol. The van der Waals surface area contributed by atoms with E-state index in [0.29, 0.717) is 13.2 Å². The van der Waals surface area contributed by atoms with Gasteiger partial charge in [0.25, 0.3) is 0 Å². The molecule has 4 heteroatoms. The summed E-state index contributed by atoms with van der Waals surface area (Å²) in [5, 5.41) is 3.36. The summed E-state index contributed by atoms with van der Waals surface area (Å²) >= 11 is 0. The van der Waals surface area contributed by atoms with Crippen molar-refractivity contribution in [3.8, 4) is 11.5 Å². The van der Waals surface area contributed by atoms with Crippen molar-refractivity contribution in [3.05, 3.63) is 17.7 Å². The summed E-state index contributed by atoms with van der Waals surface area (Å²) in [5.74, 6) is 1.66. The van der Waals surface area contributed by atoms with E-state index in [0.717, 1.165) is 35.7 Å². The largest absolute Gasteiger partial charge is 0.486 e. The Labute approximate surface area is 94.5 Å². The lowest BCUT2D eigenvalue weighted by Crippen LogP contribution is -2.20. The molecule has 0 saturated heterocycles. The van der Waals surface area contributed by atoms with Crippen molar-refractivity contribution in [2.24, 2.45) is 0 Å². The monoisotopic (exact) mass is 221 g/mol. The molecule has 1 N–H and O–H groups in total. The van der Waals surface area contributed by atoms with Crippen molar-refractivity contribution in [1.82, 2.24) is 0 Å². The lowest BCUT2D eigenvalue weighted by molar-refractivity contribution is 0.0955. The Hall–Kier alpha value is -1.42. The molecule has 2 aliphatic rings. The summed E-state index contributed by atoms with van der Waals surface area (Å²) in [6.07, 6.45) is 1.15. The van der Waals surface area contributed by atoms with Gasteiger partial charge in [-0.1, -0.05) is 0 Å². The Morgan fingerprint density at radius 3 is 2.75 bits per heavy atom. The number of nitrogens with one attached hydrogen (secondary N) is 1. The molecular formula is C12H15NO3. The van der Waals surface area contributed by atoms with Crippen molar-refractivity contribution >= 4 is 5.69 Å². The van der Waals surface area contributed by atoms with Gasteiger partial charge in [0.05, 0.1) is 6.10 Å². The van der Waals surface area contributed by atoms with Crippen LogP contribution in [0, 0.1) is 0 Å². The van der Waals surface area contributed by atoms with Gasteiger partial charge in [-0.25, -0.2) is 0 Å². The molecule has 3 rings (SSSR count). The van der Waals surface area contributed by atoms with Crippen LogP contribution in [-0.2, 0) is 4.74 Å². The highest BCUT2D eigenvalue weighted by Gasteiger charge is 2.23. The van der Waals surface area contributed by atoms with E-state index in [9.17, 15) is 0 Å². The van der Waals surface area contributed by atoms with Gasteiger partial charge in [-0.2, -0.15) is 0 Å². The minimum atomic E-state index is 0.159. The molecule has 0 aliphatic carbocycles. The molecule has 2 heterocycles. The standard InChI is InChI=1S/C12H15NO3/c1-14-10-2-3-13-9-7-12-11(6-8(9)10)15-4-5-16-12/h6-7,10,13H,2-5H2,1H3. The van der Waals surface area contributed by atoms with E-state index < -0.39 is 0 Å². The Morgan fingerprint density at radius 1 is 1.25 bits per heavy atom. The van der Waals surface area contributed by atoms with E-state index in [1.54, 1.807) is 7.11 Å². The molecule has 0 spiro atoms. The molecule has 0 amide bonds. The molecule has 0 saturated carbocycles. The van der Waals surface area contributed by atoms with E-state index in [-0.39, 0.29) is 6.10 Å². The highest BCUT2D eigenvalue weighted by molar-refractivity contribution is 5.62. The molecule has 1 aromatic carbocycles. The molecule has 2 aliphatic heterocycles. The number of hydrogen-bond acceptors (Lipinski definition) is 4. The molecule has 1 aromatic rings. The van der Waals surface area contributed by atoms with Crippen LogP contribution in [0.4, 0.5) is 5.69 Å². The van der Waals surface area contributed by atoms with E-state index in [4.69, 9.17) is 14.2 Å². The van der Waals surface area contributed by atoms with Gasteiger partial charge in [-0.3, -0.25) is 0 Å². The minimum Gasteiger partial charge on any atom is -0.486 e. The summed E-state index contributed by atoms with van der Waals surface area (Å²) in [6.45, 7) is 2.18. The Morgan fingerprint density at radius 2 is 2.00 bits per heavy atom. The minimum absolute atomic E-state index is 0.159. The number of fused-ring (bicyclic) bond motifs is 2. The molecule has 1 unspecified atom stereocenters. The lowest BCUT2D eigenvalue weighted by atomic mass is 9.99. The molecule has 0 aromatic heterocycles. The molecular weight excluding hydrogens is 206 g/mol. The first-order valence-corrected chi connectivity index (χ1v) is 5.58. The summed E-state index contributed by atoms with van der Waals surface area (Å²) in [5.41, 5.74) is 2.26. The zero-order valence-corrected chi connectivity index (χ0v) is 9.29. The van der Waals surface area contributed by atoms with Gasteiger partial charge < -0.3 is 19.5 Å². The van der Waals surface area contributed by atoms with Crippen molar-refractivity contribution < 1.29 is 14.2 Å². The SMILES string of the molecule is COC1CCNc2cc3c(cc21)OCCO3. The van der Waals surface area contributed by atoms with Crippen molar-refractivity contribution in [3.63, 3.8) is 0 Å². The quantitative estimate of drug-likeness (QED) is 0.787. The number of anilines is 1. The first kappa shape index (κ1) is 9.78. The Kier molecular flexibility index (Phi) is 2.36. The fraction of sp³-hybridized carbons (Fsp3) is 0.500. The van der Waals surface area contributed by atoms with Gasteiger partial charge in [0.1, 0.15) is 13.2 Å². The number of methoxy groups -OCH3 is 1. The van der Waals surface area contributed by atoms with Crippen molar-refractivity contribution in [1.29, 1.82) is 0 Å². The molecule has 16 heavy (non-hydrogen) atoms. The highest BCUT2D eigenvalue weighted by atomic mass is 16.6. The summed E-state index contributed by atoms with van der Waals surface area (Å²) in [4.78, 5) is 0. The van der Waals surface area contributed by atoms with Crippen LogP contribution < -0.4 is 14.8 Å². The third-order valence-corrected chi connectivity index (χ3v) is 3.07. The van der Waals surface area contributed by atoms with E-state index in [1.807, 2.05) is 12.1 Å². The number of ether oxygens (including phenoxy) is 3. The maximum Gasteiger partial charge on any atom is 0.163 e. The Balaban J connectivity index is 2.05. The number of hydrogen-bond donors (Lipinski definition) is 1. The molecule has 4 nitrogen and oxygen atoms in total. The van der Waals surface area contributed by atoms with Crippen LogP contribution >= 0.6 is 0 Å². The Bertz CT molecular complexity index is 405. The summed E-state index contributed by atoms with van der Waals surface area (Å²) in [6, 6.07) is 4.04. The van der Waals surface area contributed by atoms with E-state index in [2.05, 4.69) is 5.32 Å². The van der Waals surface area contributed by atoms with Gasteiger partial charge in [0.2, 0.25) is 0 Å². The lowest BCUT2D eigenvalue weighted by Gasteiger charge is -2.28. The number of rotatable bonds is 1. The summed E-state index contributed by atoms with van der Waals surface area (Å²) < 4.78 is 16.6. The zero-order valence-electron chi connectivity index (χ0n) is 9.29. The first-order chi connectivity index (χ1) is 7.88. The normalized spacial score (nSPS) is 22.2. The third-order valence-electron chi connectivity index (χ3n) is 3.07. The zero-order chi connectivity index (χ0) is 11.0. The maximum atomic E-state index is 5.57. The third kappa shape index (κ3) is 1.50. The van der Waals surface area contributed by atoms with Crippen molar-refractivity contribution in [2.45, 2.75) is 12.5 Å². The van der Waals surface area contributed by atoms with Crippen LogP contribution in [0.3, 0.4) is 0 Å². The fourth-order valence-corrected chi connectivity index (χ4v) is 2.26. The van der Waals surface area contributed by atoms with Crippen LogP contribution in [-0.4, -0.2) is 26.9 Å². The first-order valence-electron chi connectivity index (χ1n) is 5.58. The second-order valence-corrected chi connectivity index (χ2v) is 4.02. The van der Waals surface area contributed by atoms with Crippen LogP contribution in [0.15, 0.2) is 12.1 Å². The van der Waals surface area contributed by atoms with Crippen LogP contribution in [0.5, 0.6) is 11.5 Å². The second kappa shape index (κ2) is 3.87. The maximum absolute atomic E-state index is 5.57. The molecule has 0 bridgehead atoms. The molecule has 1 atom stereocenters. The van der Waals surface area contributed by atoms with Gasteiger partial charge in [0.15, 0.2) is 11.5 Å². The molecule has 0 fully saturated rings. The fourth-order valence-electron chi connectivity index (χ4n) is 2.26. The van der Waals surface area contributed by atoms with E-state index >= 15 is 0 Å². The highest BCUT2D eigenvalue weighted by Crippen LogP contribution is 2.41. The molecule has 86 valence electrons. The predicted octanol–water partition coefficient (Wildman–Crippen LogP) is 1.96. The van der Waals surface area contributed by atoms with E-state index in [1.165, 1.54) is 0 Å². The van der Waals surface area contributed by atoms with Gasteiger partial charge in [0, 0.05) is 31.0 Å². The van der Waals surface area contributed by atoms with Crippen LogP contribution in [0.25, 0.3) is 0 Å². The van der Waals surface area contributed by atoms with Gasteiger partial charge in [-0.05, 0) is 12.5 Å². The van der Waals surface area contributed by atoms with Crippen LogP contribution in [0.1, 0.15) is 18.1 Å². The summed E-state index contributed by atoms with van der Waals surface area (Å²) in [7, 11) is 1.75. The van der Waals surface area contributed by atoms with Crippen molar-refractivity contribution in [2.75, 3.05) is 32.2 Å². The van der Waals surface area contributed by atoms with Crippen LogP contribution in [0.2, 0.25) is 0 Å². The number of benzene rings is 1. The van der Waals surface area contributed by atoms with Gasteiger partial charge in [-0.15, -0.1) is 0 Å². The average Bonchev–Trinajstić information content (AvgIpc) is 2.35. The smallest absolute Gasteiger partial charge is 0.163 e. The second-order valence-electron chi connectivity index (χ2n) is 4.02. The van der Waals surface area contributed by atoms with Gasteiger partial charge >= 0.3 is 0 Å².